The zero-order valence-corrected chi connectivity index (χ0v) is 19.3. The highest BCUT2D eigenvalue weighted by Gasteiger charge is 2.16. The first-order valence-corrected chi connectivity index (χ1v) is 10.9. The molecule has 0 aliphatic heterocycles. The molecule has 0 unspecified atom stereocenters. The highest BCUT2D eigenvalue weighted by Crippen LogP contribution is 2.24. The summed E-state index contributed by atoms with van der Waals surface area (Å²) in [6, 6.07) is 12.6. The van der Waals surface area contributed by atoms with Gasteiger partial charge < -0.3 is 10.6 Å². The normalized spacial score (nSPS) is 10.6. The number of aromatic nitrogens is 1. The minimum absolute atomic E-state index is 0.0641. The van der Waals surface area contributed by atoms with E-state index in [4.69, 9.17) is 12.2 Å². The molecule has 0 aliphatic carbocycles. The van der Waals surface area contributed by atoms with Crippen LogP contribution in [0.4, 0.5) is 15.2 Å². The number of allylic oxidation sites excluding steroid dienone is 1. The van der Waals surface area contributed by atoms with Crippen LogP contribution in [0.2, 0.25) is 0 Å². The Morgan fingerprint density at radius 1 is 1.06 bits per heavy atom. The predicted molar refractivity (Wildman–Crippen MR) is 131 cm³/mol. The van der Waals surface area contributed by atoms with Gasteiger partial charge in [0.15, 0.2) is 16.0 Å². The van der Waals surface area contributed by atoms with Crippen LogP contribution in [0.1, 0.15) is 38.2 Å². The van der Waals surface area contributed by atoms with Crippen molar-refractivity contribution in [3.05, 3.63) is 82.1 Å². The van der Waals surface area contributed by atoms with Gasteiger partial charge in [-0.2, -0.15) is 0 Å². The number of aryl methyl sites for hydroxylation is 1. The van der Waals surface area contributed by atoms with Crippen molar-refractivity contribution in [1.29, 1.82) is 0 Å². The molecule has 3 aromatic rings. The second kappa shape index (κ2) is 10.7. The summed E-state index contributed by atoms with van der Waals surface area (Å²) in [6.07, 6.45) is 3.08. The van der Waals surface area contributed by atoms with Gasteiger partial charge in [0.1, 0.15) is 5.82 Å². The van der Waals surface area contributed by atoms with E-state index in [0.29, 0.717) is 21.4 Å². The van der Waals surface area contributed by atoms with Gasteiger partial charge in [0, 0.05) is 12.6 Å². The lowest BCUT2D eigenvalue weighted by Crippen LogP contribution is -2.34. The van der Waals surface area contributed by atoms with Crippen molar-refractivity contribution >= 4 is 63.2 Å². The van der Waals surface area contributed by atoms with Crippen LogP contribution < -0.4 is 16.0 Å². The second-order valence-corrected chi connectivity index (χ2v) is 8.23. The predicted octanol–water partition coefficient (Wildman–Crippen LogP) is 4.57. The molecular weight excluding hydrogens is 463 g/mol. The summed E-state index contributed by atoms with van der Waals surface area (Å²) in [7, 11) is 0. The van der Waals surface area contributed by atoms with Crippen LogP contribution in [0.15, 0.2) is 54.6 Å². The van der Waals surface area contributed by atoms with Gasteiger partial charge in [-0.05, 0) is 55.0 Å². The first-order chi connectivity index (χ1) is 15.7. The lowest BCUT2D eigenvalue weighted by molar-refractivity contribution is -0.114. The molecule has 1 heterocycles. The molecule has 0 radical (unpaired) electrons. The maximum atomic E-state index is 13.7. The Morgan fingerprint density at radius 2 is 1.76 bits per heavy atom. The van der Waals surface area contributed by atoms with Crippen LogP contribution in [0.25, 0.3) is 6.08 Å². The number of carbonyl (C=O) groups is 3. The zero-order chi connectivity index (χ0) is 24.0. The van der Waals surface area contributed by atoms with Crippen LogP contribution in [0.5, 0.6) is 0 Å². The number of benzene rings is 2. The van der Waals surface area contributed by atoms with E-state index in [1.807, 2.05) is 0 Å². The average molecular weight is 483 g/mol. The van der Waals surface area contributed by atoms with Crippen LogP contribution in [0, 0.1) is 12.7 Å². The average Bonchev–Trinajstić information content (AvgIpc) is 3.12. The van der Waals surface area contributed by atoms with Gasteiger partial charge in [-0.3, -0.25) is 19.7 Å². The smallest absolute Gasteiger partial charge is 0.260 e. The van der Waals surface area contributed by atoms with E-state index in [-0.39, 0.29) is 22.4 Å². The number of amides is 2. The highest BCUT2D eigenvalue weighted by atomic mass is 32.1. The fourth-order valence-electron chi connectivity index (χ4n) is 2.75. The van der Waals surface area contributed by atoms with Gasteiger partial charge in [-0.1, -0.05) is 41.7 Å². The number of ketones is 1. The molecule has 0 saturated heterocycles. The van der Waals surface area contributed by atoms with Crippen molar-refractivity contribution in [2.45, 2.75) is 13.8 Å². The van der Waals surface area contributed by atoms with Crippen molar-refractivity contribution in [3.63, 3.8) is 0 Å². The molecule has 2 aromatic carbocycles. The molecule has 10 heteroatoms. The molecule has 0 spiro atoms. The lowest BCUT2D eigenvalue weighted by atomic mass is 10.1. The van der Waals surface area contributed by atoms with Crippen LogP contribution in [-0.4, -0.2) is 27.7 Å². The third-order valence-corrected chi connectivity index (χ3v) is 5.54. The molecular formula is C23H19FN4O3S2. The summed E-state index contributed by atoms with van der Waals surface area (Å²) >= 11 is 6.18. The van der Waals surface area contributed by atoms with Gasteiger partial charge in [-0.25, -0.2) is 9.37 Å². The maximum Gasteiger partial charge on any atom is 0.260 e. The number of carbonyl (C=O) groups excluding carboxylic acids is 3. The van der Waals surface area contributed by atoms with Crippen LogP contribution in [0.3, 0.4) is 0 Å². The van der Waals surface area contributed by atoms with Gasteiger partial charge in [0.2, 0.25) is 5.91 Å². The number of thiazole rings is 1. The third kappa shape index (κ3) is 6.61. The minimum atomic E-state index is -0.692. The van der Waals surface area contributed by atoms with Gasteiger partial charge in [-0.15, -0.1) is 0 Å². The fraction of sp³-hybridized carbons (Fsp3) is 0.0870. The Balaban J connectivity index is 1.62. The molecule has 3 N–H and O–H groups in total. The number of halogens is 1. The standard InChI is InChI=1S/C23H19FN4O3S2/c1-13-20(19(30)12-9-15-7-10-16(11-8-15)26-14(2)29)33-23(25-13)28-22(32)27-21(31)17-5-3-4-6-18(17)24/h3-12H,1-2H3,(H,26,29)(H2,25,27,28,31,32)/b12-9+. The summed E-state index contributed by atoms with van der Waals surface area (Å²) in [4.78, 5) is 40.5. The molecule has 7 nitrogen and oxygen atoms in total. The highest BCUT2D eigenvalue weighted by molar-refractivity contribution is 7.80. The largest absolute Gasteiger partial charge is 0.326 e. The zero-order valence-electron chi connectivity index (χ0n) is 17.6. The molecule has 1 aromatic heterocycles. The molecule has 2 amide bonds. The summed E-state index contributed by atoms with van der Waals surface area (Å²) in [5.41, 5.74) is 1.82. The molecule has 168 valence electrons. The monoisotopic (exact) mass is 482 g/mol. The van der Waals surface area contributed by atoms with Crippen LogP contribution >= 0.6 is 23.6 Å². The quantitative estimate of drug-likeness (QED) is 0.270. The number of anilines is 2. The summed E-state index contributed by atoms with van der Waals surface area (Å²) < 4.78 is 13.7. The molecule has 0 atom stereocenters. The minimum Gasteiger partial charge on any atom is -0.326 e. The Bertz CT molecular complexity index is 1250. The Morgan fingerprint density at radius 3 is 2.42 bits per heavy atom. The SMILES string of the molecule is CC(=O)Nc1ccc(/C=C/C(=O)c2sc(NC(=S)NC(=O)c3ccccc3F)nc2C)cc1. The van der Waals surface area contributed by atoms with E-state index in [0.717, 1.165) is 16.9 Å². The Kier molecular flexibility index (Phi) is 7.75. The number of nitrogens with one attached hydrogen (secondary N) is 3. The number of rotatable bonds is 6. The molecule has 33 heavy (non-hydrogen) atoms. The molecule has 0 saturated carbocycles. The first kappa shape index (κ1) is 23.9. The van der Waals surface area contributed by atoms with E-state index in [2.05, 4.69) is 20.9 Å². The maximum absolute atomic E-state index is 13.7. The third-order valence-electron chi connectivity index (χ3n) is 4.24. The number of hydrogen-bond donors (Lipinski definition) is 3. The summed E-state index contributed by atoms with van der Waals surface area (Å²) in [6.45, 7) is 3.11. The Labute approximate surface area is 198 Å². The Hall–Kier alpha value is -3.76. The first-order valence-electron chi connectivity index (χ1n) is 9.67. The van der Waals surface area contributed by atoms with Crippen molar-refractivity contribution in [2.75, 3.05) is 10.6 Å². The molecule has 0 fully saturated rings. The summed E-state index contributed by atoms with van der Waals surface area (Å²) in [5, 5.41) is 8.07. The fourth-order valence-corrected chi connectivity index (χ4v) is 3.90. The number of hydrogen-bond acceptors (Lipinski definition) is 6. The van der Waals surface area contributed by atoms with E-state index in [9.17, 15) is 18.8 Å². The van der Waals surface area contributed by atoms with Gasteiger partial charge >= 0.3 is 0 Å². The summed E-state index contributed by atoms with van der Waals surface area (Å²) in [5.74, 6) is -1.76. The molecule has 3 rings (SSSR count). The second-order valence-electron chi connectivity index (χ2n) is 6.82. The van der Waals surface area contributed by atoms with Crippen molar-refractivity contribution < 1.29 is 18.8 Å². The van der Waals surface area contributed by atoms with E-state index >= 15 is 0 Å². The lowest BCUT2D eigenvalue weighted by Gasteiger charge is -2.07. The van der Waals surface area contributed by atoms with E-state index < -0.39 is 11.7 Å². The topological polar surface area (TPSA) is 100 Å². The van der Waals surface area contributed by atoms with Crippen LogP contribution in [-0.2, 0) is 4.79 Å². The van der Waals surface area contributed by atoms with Gasteiger partial charge in [0.05, 0.1) is 16.1 Å². The van der Waals surface area contributed by atoms with E-state index in [1.54, 1.807) is 43.3 Å². The van der Waals surface area contributed by atoms with E-state index in [1.165, 1.54) is 31.2 Å². The van der Waals surface area contributed by atoms with Crippen molar-refractivity contribution in [1.82, 2.24) is 10.3 Å². The van der Waals surface area contributed by atoms with Crippen molar-refractivity contribution in [3.8, 4) is 0 Å². The molecule has 0 aliphatic rings. The number of thiocarbonyl (C=S) groups is 1. The van der Waals surface area contributed by atoms with Gasteiger partial charge in [0.25, 0.3) is 5.91 Å². The number of nitrogens with zero attached hydrogens (tertiary/aromatic N) is 1. The molecule has 0 bridgehead atoms. The van der Waals surface area contributed by atoms with Crippen molar-refractivity contribution in [2.24, 2.45) is 0 Å².